The Hall–Kier alpha value is -1.61. The van der Waals surface area contributed by atoms with Crippen LogP contribution < -0.4 is 4.31 Å². The molecule has 0 spiro atoms. The number of carboxylic acids is 1. The quantitative estimate of drug-likeness (QED) is 0.804. The monoisotopic (exact) mass is 333 g/mol. The summed E-state index contributed by atoms with van der Waals surface area (Å²) in [5, 5.41) is 9.22. The lowest BCUT2D eigenvalue weighted by Gasteiger charge is -2.24. The van der Waals surface area contributed by atoms with Crippen LogP contribution in [0.2, 0.25) is 0 Å². The summed E-state index contributed by atoms with van der Waals surface area (Å²) in [6.07, 6.45) is 1.01. The van der Waals surface area contributed by atoms with Crippen molar-refractivity contribution in [1.82, 2.24) is 0 Å². The highest BCUT2D eigenvalue weighted by atomic mass is 32.2. The second-order valence-corrected chi connectivity index (χ2v) is 9.15. The summed E-state index contributed by atoms with van der Waals surface area (Å²) in [6, 6.07) is 5.27. The van der Waals surface area contributed by atoms with Crippen molar-refractivity contribution in [3.63, 3.8) is 0 Å². The third-order valence-electron chi connectivity index (χ3n) is 3.22. The van der Waals surface area contributed by atoms with E-state index in [2.05, 4.69) is 0 Å². The van der Waals surface area contributed by atoms with Crippen LogP contribution in [0.25, 0.3) is 0 Å². The van der Waals surface area contributed by atoms with Gasteiger partial charge in [-0.2, -0.15) is 0 Å². The molecular weight excluding hydrogens is 318 g/mol. The highest BCUT2D eigenvalue weighted by Gasteiger charge is 2.41. The fourth-order valence-electron chi connectivity index (χ4n) is 2.24. The summed E-state index contributed by atoms with van der Waals surface area (Å²) in [4.78, 5) is 11.3. The number of sulfonamides is 1. The first-order chi connectivity index (χ1) is 9.62. The van der Waals surface area contributed by atoms with E-state index in [-0.39, 0.29) is 6.42 Å². The lowest BCUT2D eigenvalue weighted by molar-refractivity contribution is -0.138. The summed E-state index contributed by atoms with van der Waals surface area (Å²) in [7, 11) is -7.48. The summed E-state index contributed by atoms with van der Waals surface area (Å²) >= 11 is 0. The van der Waals surface area contributed by atoms with Crippen LogP contribution in [-0.4, -0.2) is 51.7 Å². The molecule has 0 amide bonds. The molecule has 1 aliphatic rings. The average molecular weight is 333 g/mol. The Labute approximate surface area is 123 Å². The maximum atomic E-state index is 12.4. The van der Waals surface area contributed by atoms with E-state index in [1.807, 2.05) is 0 Å². The molecule has 116 valence electrons. The molecule has 1 aromatic carbocycles. The van der Waals surface area contributed by atoms with Crippen molar-refractivity contribution in [2.45, 2.75) is 12.5 Å². The van der Waals surface area contributed by atoms with Gasteiger partial charge in [0.2, 0.25) is 10.0 Å². The van der Waals surface area contributed by atoms with Crippen LogP contribution in [0, 0.1) is 0 Å². The Bertz CT molecular complexity index is 769. The number of hydrogen-bond donors (Lipinski definition) is 1. The molecule has 0 bridgehead atoms. The van der Waals surface area contributed by atoms with Crippen molar-refractivity contribution in [1.29, 1.82) is 0 Å². The molecule has 1 atom stereocenters. The molecule has 0 unspecified atom stereocenters. The van der Waals surface area contributed by atoms with E-state index in [0.29, 0.717) is 11.3 Å². The highest BCUT2D eigenvalue weighted by Crippen LogP contribution is 2.34. The van der Waals surface area contributed by atoms with Crippen molar-refractivity contribution in [3.8, 4) is 0 Å². The van der Waals surface area contributed by atoms with Crippen LogP contribution >= 0.6 is 0 Å². The Kier molecular flexibility index (Phi) is 3.98. The number of sulfone groups is 1. The van der Waals surface area contributed by atoms with Gasteiger partial charge < -0.3 is 5.11 Å². The van der Waals surface area contributed by atoms with Crippen molar-refractivity contribution in [2.75, 3.05) is 22.1 Å². The van der Waals surface area contributed by atoms with Crippen LogP contribution in [0.5, 0.6) is 0 Å². The molecule has 0 aliphatic carbocycles. The minimum Gasteiger partial charge on any atom is -0.480 e. The van der Waals surface area contributed by atoms with Crippen LogP contribution in [0.1, 0.15) is 5.56 Å². The summed E-state index contributed by atoms with van der Waals surface area (Å²) < 4.78 is 47.8. The zero-order valence-electron chi connectivity index (χ0n) is 11.3. The van der Waals surface area contributed by atoms with Gasteiger partial charge in [0.1, 0.15) is 15.9 Å². The lowest BCUT2D eigenvalue weighted by atomic mass is 10.1. The van der Waals surface area contributed by atoms with E-state index in [9.17, 15) is 26.7 Å². The second-order valence-electron chi connectivity index (χ2n) is 4.93. The number of anilines is 1. The number of benzene rings is 1. The smallest absolute Gasteiger partial charge is 0.327 e. The van der Waals surface area contributed by atoms with E-state index in [4.69, 9.17) is 0 Å². The zero-order chi connectivity index (χ0) is 15.8. The molecule has 21 heavy (non-hydrogen) atoms. The molecule has 0 aromatic heterocycles. The van der Waals surface area contributed by atoms with E-state index >= 15 is 0 Å². The minimum atomic E-state index is -4.03. The van der Waals surface area contributed by atoms with E-state index in [1.54, 1.807) is 18.2 Å². The van der Waals surface area contributed by atoms with E-state index in [0.717, 1.165) is 10.6 Å². The predicted molar refractivity (Wildman–Crippen MR) is 77.5 cm³/mol. The summed E-state index contributed by atoms with van der Waals surface area (Å²) in [5.74, 6) is -2.43. The minimum absolute atomic E-state index is 0.0730. The average Bonchev–Trinajstić information content (AvgIpc) is 2.76. The molecular formula is C12H15NO6S2. The molecule has 1 aromatic rings. The summed E-state index contributed by atoms with van der Waals surface area (Å²) in [6.45, 7) is 0. The number of nitrogens with zero attached hydrogens (tertiary/aromatic N) is 1. The molecule has 0 radical (unpaired) electrons. The second kappa shape index (κ2) is 5.30. The molecule has 0 saturated carbocycles. The molecule has 1 N–H and O–H groups in total. The van der Waals surface area contributed by atoms with Crippen LogP contribution in [0.4, 0.5) is 5.69 Å². The maximum Gasteiger partial charge on any atom is 0.327 e. The number of hydrogen-bond acceptors (Lipinski definition) is 5. The Morgan fingerprint density at radius 2 is 1.86 bits per heavy atom. The van der Waals surface area contributed by atoms with E-state index < -0.39 is 43.4 Å². The van der Waals surface area contributed by atoms with Crippen molar-refractivity contribution in [3.05, 3.63) is 29.8 Å². The van der Waals surface area contributed by atoms with Gasteiger partial charge >= 0.3 is 5.97 Å². The van der Waals surface area contributed by atoms with Gasteiger partial charge in [0.15, 0.2) is 0 Å². The van der Waals surface area contributed by atoms with Crippen LogP contribution in [-0.2, 0) is 31.1 Å². The number of para-hydroxylation sites is 1. The molecule has 9 heteroatoms. The highest BCUT2D eigenvalue weighted by molar-refractivity contribution is 7.95. The van der Waals surface area contributed by atoms with Gasteiger partial charge in [-0.15, -0.1) is 0 Å². The van der Waals surface area contributed by atoms with Gasteiger partial charge in [0.05, 0.1) is 17.2 Å². The van der Waals surface area contributed by atoms with Crippen molar-refractivity contribution < 1.29 is 26.7 Å². The molecule has 2 rings (SSSR count). The molecule has 1 aliphatic heterocycles. The van der Waals surface area contributed by atoms with Gasteiger partial charge in [-0.25, -0.2) is 21.6 Å². The van der Waals surface area contributed by atoms with E-state index in [1.165, 1.54) is 6.07 Å². The normalized spacial score (nSPS) is 18.5. The molecule has 1 heterocycles. The van der Waals surface area contributed by atoms with Gasteiger partial charge in [-0.1, -0.05) is 18.2 Å². The van der Waals surface area contributed by atoms with Crippen LogP contribution in [0.3, 0.4) is 0 Å². The van der Waals surface area contributed by atoms with Crippen molar-refractivity contribution >= 4 is 31.5 Å². The van der Waals surface area contributed by atoms with Gasteiger partial charge in [-0.05, 0) is 11.6 Å². The first kappa shape index (κ1) is 15.8. The Balaban J connectivity index is 2.41. The number of carbonyl (C=O) groups is 1. The van der Waals surface area contributed by atoms with Gasteiger partial charge in [0.25, 0.3) is 0 Å². The number of carboxylic acid groups (broad SMARTS) is 1. The Morgan fingerprint density at radius 1 is 1.24 bits per heavy atom. The SMILES string of the molecule is CS(=O)(=O)CCS(=O)(=O)N1c2ccccc2C[C@H]1C(=O)O. The third kappa shape index (κ3) is 3.35. The lowest BCUT2D eigenvalue weighted by Crippen LogP contribution is -2.44. The fraction of sp³-hybridized carbons (Fsp3) is 0.417. The molecule has 7 nitrogen and oxygen atoms in total. The van der Waals surface area contributed by atoms with Crippen molar-refractivity contribution in [2.24, 2.45) is 0 Å². The fourth-order valence-corrected chi connectivity index (χ4v) is 5.52. The van der Waals surface area contributed by atoms with Gasteiger partial charge in [0, 0.05) is 12.7 Å². The first-order valence-corrected chi connectivity index (χ1v) is 9.79. The third-order valence-corrected chi connectivity index (χ3v) is 6.20. The largest absolute Gasteiger partial charge is 0.480 e. The van der Waals surface area contributed by atoms with Gasteiger partial charge in [-0.3, -0.25) is 4.31 Å². The molecule has 0 saturated heterocycles. The number of rotatable bonds is 5. The number of fused-ring (bicyclic) bond motifs is 1. The standard InChI is InChI=1S/C12H15NO6S2/c1-20(16,17)6-7-21(18,19)13-10-5-3-2-4-9(10)8-11(13)12(14)15/h2-5,11H,6-8H2,1H3,(H,14,15)/t11-/m0/s1. The summed E-state index contributed by atoms with van der Waals surface area (Å²) in [5.41, 5.74) is 0.922. The predicted octanol–water partition coefficient (Wildman–Crippen LogP) is -0.123. The van der Waals surface area contributed by atoms with Crippen LogP contribution in [0.15, 0.2) is 24.3 Å². The molecule has 0 fully saturated rings. The maximum absolute atomic E-state index is 12.4. The number of aliphatic carboxylic acids is 1. The first-order valence-electron chi connectivity index (χ1n) is 6.12. The topological polar surface area (TPSA) is 109 Å². The zero-order valence-corrected chi connectivity index (χ0v) is 12.9. The Morgan fingerprint density at radius 3 is 2.43 bits per heavy atom.